The minimum atomic E-state index is -1.20. The van der Waals surface area contributed by atoms with E-state index >= 15 is 0 Å². The van der Waals surface area contributed by atoms with Crippen molar-refractivity contribution in [3.8, 4) is 6.07 Å². The smallest absolute Gasteiger partial charge is 0.308 e. The van der Waals surface area contributed by atoms with Crippen molar-refractivity contribution in [3.05, 3.63) is 74.1 Å². The van der Waals surface area contributed by atoms with Crippen molar-refractivity contribution in [1.29, 1.82) is 5.26 Å². The Bertz CT molecular complexity index is 1120. The topological polar surface area (TPSA) is 113 Å². The molecule has 30 heavy (non-hydrogen) atoms. The van der Waals surface area contributed by atoms with Gasteiger partial charge < -0.3 is 4.90 Å². The van der Waals surface area contributed by atoms with E-state index in [1.807, 2.05) is 0 Å². The number of azide groups is 1. The zero-order valence-electron chi connectivity index (χ0n) is 15.5. The van der Waals surface area contributed by atoms with E-state index in [4.69, 9.17) is 34.0 Å². The van der Waals surface area contributed by atoms with Gasteiger partial charge >= 0.3 is 6.03 Å². The van der Waals surface area contributed by atoms with Gasteiger partial charge in [0.05, 0.1) is 23.4 Å². The lowest BCUT2D eigenvalue weighted by Crippen LogP contribution is -2.47. The highest BCUT2D eigenvalue weighted by Crippen LogP contribution is 2.43. The molecule has 2 aromatic carbocycles. The Hall–Kier alpha value is -3.24. The van der Waals surface area contributed by atoms with Crippen LogP contribution in [-0.2, 0) is 11.2 Å². The van der Waals surface area contributed by atoms with Crippen LogP contribution in [0.5, 0.6) is 0 Å². The largest absolute Gasteiger partial charge is 0.332 e. The second-order valence-corrected chi connectivity index (χ2v) is 8.11. The van der Waals surface area contributed by atoms with Gasteiger partial charge in [-0.3, -0.25) is 4.79 Å². The Morgan fingerprint density at radius 2 is 1.87 bits per heavy atom. The van der Waals surface area contributed by atoms with Crippen LogP contribution in [0.2, 0.25) is 10.0 Å². The van der Waals surface area contributed by atoms with Crippen LogP contribution in [0.15, 0.2) is 47.6 Å². The van der Waals surface area contributed by atoms with Crippen molar-refractivity contribution in [1.82, 2.24) is 4.90 Å². The van der Waals surface area contributed by atoms with Crippen molar-refractivity contribution in [2.75, 3.05) is 11.4 Å². The van der Waals surface area contributed by atoms with Crippen LogP contribution in [0.3, 0.4) is 0 Å². The lowest BCUT2D eigenvalue weighted by Gasteiger charge is -2.28. The van der Waals surface area contributed by atoms with Crippen LogP contribution in [0.4, 0.5) is 10.5 Å². The number of benzene rings is 2. The van der Waals surface area contributed by atoms with Gasteiger partial charge in [-0.15, -0.1) is 0 Å². The molecule has 2 saturated heterocycles. The maximum Gasteiger partial charge on any atom is 0.332 e. The summed E-state index contributed by atoms with van der Waals surface area (Å²) in [5, 5.41) is 13.4. The van der Waals surface area contributed by atoms with E-state index < -0.39 is 23.5 Å². The lowest BCUT2D eigenvalue weighted by molar-refractivity contribution is -0.124. The number of halogens is 2. The molecule has 150 valence electrons. The van der Waals surface area contributed by atoms with Crippen molar-refractivity contribution in [2.24, 2.45) is 5.11 Å². The van der Waals surface area contributed by atoms with Gasteiger partial charge in [-0.05, 0) is 47.8 Å². The van der Waals surface area contributed by atoms with Crippen molar-refractivity contribution in [2.45, 2.75) is 24.4 Å². The summed E-state index contributed by atoms with van der Waals surface area (Å²) in [6.45, 7) is 0.135. The molecule has 0 aliphatic carbocycles. The van der Waals surface area contributed by atoms with E-state index in [0.29, 0.717) is 15.6 Å². The number of amides is 3. The number of urea groups is 1. The first-order valence-corrected chi connectivity index (χ1v) is 9.79. The number of nitrogens with zero attached hydrogens (tertiary/aromatic N) is 6. The second-order valence-electron chi connectivity index (χ2n) is 7.24. The number of hydrogen-bond acceptors (Lipinski definition) is 4. The molecule has 2 aromatic rings. The summed E-state index contributed by atoms with van der Waals surface area (Å²) in [6, 6.07) is 12.4. The third kappa shape index (κ3) is 3.23. The van der Waals surface area contributed by atoms with Gasteiger partial charge in [0.15, 0.2) is 0 Å². The molecule has 2 fully saturated rings. The van der Waals surface area contributed by atoms with Crippen LogP contribution in [0.1, 0.15) is 17.5 Å². The summed E-state index contributed by atoms with van der Waals surface area (Å²) in [6.07, 6.45) is 0.429. The van der Waals surface area contributed by atoms with E-state index in [1.165, 1.54) is 23.1 Å². The molecule has 0 spiro atoms. The first-order valence-electron chi connectivity index (χ1n) is 9.03. The number of carbonyl (C=O) groups is 2. The standard InChI is InChI=1S/C20H14Cl2N6O2/c21-14-5-15(22)7-17(6-14)28-18(29)20(8-12-1-3-13(10-23)4-2-12)9-16(25-26-24)11-27(20)19(28)30/h1-7,16H,8-9,11H2/t16-,20-/m0/s1. The average Bonchev–Trinajstić information content (AvgIpc) is 3.15. The number of imide groups is 1. The Labute approximate surface area is 181 Å². The third-order valence-electron chi connectivity index (χ3n) is 5.41. The molecule has 2 aliphatic rings. The third-order valence-corrected chi connectivity index (χ3v) is 5.84. The zero-order chi connectivity index (χ0) is 21.5. The monoisotopic (exact) mass is 440 g/mol. The highest BCUT2D eigenvalue weighted by Gasteiger charge is 2.62. The lowest BCUT2D eigenvalue weighted by atomic mass is 9.87. The van der Waals surface area contributed by atoms with Gasteiger partial charge in [0.2, 0.25) is 0 Å². The van der Waals surface area contributed by atoms with Gasteiger partial charge in [-0.1, -0.05) is 40.4 Å². The van der Waals surface area contributed by atoms with Crippen molar-refractivity contribution >= 4 is 40.8 Å². The fourth-order valence-corrected chi connectivity index (χ4v) is 4.67. The van der Waals surface area contributed by atoms with E-state index in [9.17, 15) is 9.59 Å². The Kier molecular flexibility index (Phi) is 5.04. The number of hydrogen-bond donors (Lipinski definition) is 0. The number of fused-ring (bicyclic) bond motifs is 1. The van der Waals surface area contributed by atoms with E-state index in [2.05, 4.69) is 16.1 Å². The van der Waals surface area contributed by atoms with Crippen LogP contribution in [0.25, 0.3) is 10.4 Å². The van der Waals surface area contributed by atoms with E-state index in [1.54, 1.807) is 24.3 Å². The zero-order valence-corrected chi connectivity index (χ0v) is 17.0. The average molecular weight is 441 g/mol. The SMILES string of the molecule is N#Cc1ccc(C[C@@]23C[C@H](N=[N+]=[N-])CN2C(=O)N(c2cc(Cl)cc(Cl)c2)C3=O)cc1. The molecule has 2 heterocycles. The van der Waals surface area contributed by atoms with Gasteiger partial charge in [0, 0.05) is 27.9 Å². The summed E-state index contributed by atoms with van der Waals surface area (Å²) >= 11 is 12.1. The first-order chi connectivity index (χ1) is 14.4. The fraction of sp³-hybridized carbons (Fsp3) is 0.250. The van der Waals surface area contributed by atoms with Crippen LogP contribution < -0.4 is 4.90 Å². The van der Waals surface area contributed by atoms with Gasteiger partial charge in [0.25, 0.3) is 5.91 Å². The Morgan fingerprint density at radius 3 is 2.47 bits per heavy atom. The summed E-state index contributed by atoms with van der Waals surface area (Å²) in [7, 11) is 0. The molecule has 0 N–H and O–H groups in total. The first kappa shape index (κ1) is 20.0. The minimum absolute atomic E-state index is 0.135. The number of carbonyl (C=O) groups excluding carboxylic acids is 2. The number of nitriles is 1. The fourth-order valence-electron chi connectivity index (χ4n) is 4.15. The molecular weight excluding hydrogens is 427 g/mol. The van der Waals surface area contributed by atoms with Crippen LogP contribution in [-0.4, -0.2) is 35.0 Å². The maximum atomic E-state index is 13.6. The van der Waals surface area contributed by atoms with Crippen LogP contribution in [0, 0.1) is 11.3 Å². The van der Waals surface area contributed by atoms with E-state index in [0.717, 1.165) is 10.5 Å². The molecule has 0 unspecified atom stereocenters. The molecule has 2 aliphatic heterocycles. The van der Waals surface area contributed by atoms with Crippen LogP contribution >= 0.6 is 23.2 Å². The van der Waals surface area contributed by atoms with Crippen molar-refractivity contribution < 1.29 is 9.59 Å². The quantitative estimate of drug-likeness (QED) is 0.297. The van der Waals surface area contributed by atoms with E-state index in [-0.39, 0.29) is 25.1 Å². The van der Waals surface area contributed by atoms with Gasteiger partial charge in [-0.25, -0.2) is 9.69 Å². The Balaban J connectivity index is 1.77. The molecule has 10 heteroatoms. The predicted octanol–water partition coefficient (Wildman–Crippen LogP) is 4.70. The molecule has 8 nitrogen and oxygen atoms in total. The molecule has 3 amide bonds. The normalized spacial score (nSPS) is 22.6. The van der Waals surface area contributed by atoms with Crippen molar-refractivity contribution in [3.63, 3.8) is 0 Å². The Morgan fingerprint density at radius 1 is 1.20 bits per heavy atom. The molecule has 2 atom stereocenters. The molecule has 0 saturated carbocycles. The highest BCUT2D eigenvalue weighted by atomic mass is 35.5. The molecule has 0 aromatic heterocycles. The number of rotatable bonds is 4. The summed E-state index contributed by atoms with van der Waals surface area (Å²) in [4.78, 5) is 32.2. The molecule has 0 radical (unpaired) electrons. The summed E-state index contributed by atoms with van der Waals surface area (Å²) in [5.41, 5.74) is 9.22. The van der Waals surface area contributed by atoms with Gasteiger partial charge in [-0.2, -0.15) is 5.26 Å². The molecular formula is C20H14Cl2N6O2. The number of anilines is 1. The molecule has 4 rings (SSSR count). The minimum Gasteiger partial charge on any atom is -0.308 e. The predicted molar refractivity (Wildman–Crippen MR) is 111 cm³/mol. The maximum absolute atomic E-state index is 13.6. The molecule has 0 bridgehead atoms. The second kappa shape index (κ2) is 7.54. The highest BCUT2D eigenvalue weighted by molar-refractivity contribution is 6.35. The summed E-state index contributed by atoms with van der Waals surface area (Å²) in [5.74, 6) is -0.425. The van der Waals surface area contributed by atoms with Gasteiger partial charge in [0.1, 0.15) is 5.54 Å². The summed E-state index contributed by atoms with van der Waals surface area (Å²) < 4.78 is 0.